The van der Waals surface area contributed by atoms with Crippen molar-refractivity contribution in [3.8, 4) is 5.88 Å². The minimum absolute atomic E-state index is 0.0917. The number of benzene rings is 2. The monoisotopic (exact) mass is 526 g/mol. The van der Waals surface area contributed by atoms with E-state index < -0.39 is 15.9 Å². The molecule has 9 nitrogen and oxygen atoms in total. The van der Waals surface area contributed by atoms with Crippen LogP contribution < -0.4 is 9.64 Å². The zero-order valence-corrected chi connectivity index (χ0v) is 21.2. The molecular weight excluding hydrogens is 499 g/mol. The standard InChI is InChI=1S/C26H27FN4O5S/c1-37(33,34)22-6-7-23-19(14-22)8-13-31(23)24-15-25(29-17-28-24)36-21-9-11-30(12-10-21)26(32)35-16-18-2-4-20(27)5-3-18/h2-7,14-15,17,21H,8-13,16H2,1H3. The smallest absolute Gasteiger partial charge is 0.410 e. The first-order valence-corrected chi connectivity index (χ1v) is 13.9. The number of carbonyl (C=O) groups excluding carboxylic acids is 1. The molecule has 1 amide bonds. The number of carbonyl (C=O) groups is 1. The zero-order valence-electron chi connectivity index (χ0n) is 20.3. The molecule has 0 saturated carbocycles. The second-order valence-corrected chi connectivity index (χ2v) is 11.2. The molecule has 3 heterocycles. The van der Waals surface area contributed by atoms with Crippen molar-refractivity contribution in [3.05, 3.63) is 71.8 Å². The quantitative estimate of drug-likeness (QED) is 0.477. The molecule has 2 aliphatic heterocycles. The van der Waals surface area contributed by atoms with Gasteiger partial charge in [-0.3, -0.25) is 0 Å². The van der Waals surface area contributed by atoms with Gasteiger partial charge in [-0.25, -0.2) is 27.6 Å². The minimum Gasteiger partial charge on any atom is -0.474 e. The second kappa shape index (κ2) is 10.3. The molecule has 1 aromatic heterocycles. The highest BCUT2D eigenvalue weighted by Gasteiger charge is 2.27. The van der Waals surface area contributed by atoms with Gasteiger partial charge in [0.2, 0.25) is 5.88 Å². The number of ether oxygens (including phenoxy) is 2. The molecular formula is C26H27FN4O5S. The van der Waals surface area contributed by atoms with Gasteiger partial charge in [0, 0.05) is 50.5 Å². The highest BCUT2D eigenvalue weighted by atomic mass is 32.2. The maximum atomic E-state index is 13.0. The van der Waals surface area contributed by atoms with Crippen molar-refractivity contribution < 1.29 is 27.1 Å². The largest absolute Gasteiger partial charge is 0.474 e. The van der Waals surface area contributed by atoms with Gasteiger partial charge in [-0.1, -0.05) is 12.1 Å². The first-order chi connectivity index (χ1) is 17.8. The minimum atomic E-state index is -3.27. The van der Waals surface area contributed by atoms with Crippen LogP contribution in [0.5, 0.6) is 5.88 Å². The fourth-order valence-electron chi connectivity index (χ4n) is 4.53. The maximum Gasteiger partial charge on any atom is 0.410 e. The summed E-state index contributed by atoms with van der Waals surface area (Å²) in [6, 6.07) is 12.8. The third-order valence-electron chi connectivity index (χ3n) is 6.54. The summed E-state index contributed by atoms with van der Waals surface area (Å²) in [7, 11) is -3.27. The number of aromatic nitrogens is 2. The summed E-state index contributed by atoms with van der Waals surface area (Å²) in [5.74, 6) is 0.794. The van der Waals surface area contributed by atoms with E-state index in [2.05, 4.69) is 9.97 Å². The maximum absolute atomic E-state index is 13.0. The average molecular weight is 527 g/mol. The SMILES string of the molecule is CS(=O)(=O)c1ccc2c(c1)CCN2c1cc(OC2CCN(C(=O)OCc3ccc(F)cc3)CC2)ncn1. The number of amides is 1. The highest BCUT2D eigenvalue weighted by molar-refractivity contribution is 7.90. The number of anilines is 2. The summed E-state index contributed by atoms with van der Waals surface area (Å²) in [6.45, 7) is 1.76. The molecule has 37 heavy (non-hydrogen) atoms. The van der Waals surface area contributed by atoms with E-state index in [4.69, 9.17) is 9.47 Å². The van der Waals surface area contributed by atoms with Crippen molar-refractivity contribution in [3.63, 3.8) is 0 Å². The molecule has 0 radical (unpaired) electrons. The molecule has 2 aromatic carbocycles. The average Bonchev–Trinajstić information content (AvgIpc) is 3.32. The summed E-state index contributed by atoms with van der Waals surface area (Å²) < 4.78 is 48.3. The Bertz CT molecular complexity index is 1390. The summed E-state index contributed by atoms with van der Waals surface area (Å²) >= 11 is 0. The van der Waals surface area contributed by atoms with Gasteiger partial charge in [-0.2, -0.15) is 0 Å². The third-order valence-corrected chi connectivity index (χ3v) is 7.65. The number of fused-ring (bicyclic) bond motifs is 1. The first kappa shape index (κ1) is 24.9. The molecule has 0 aliphatic carbocycles. The lowest BCUT2D eigenvalue weighted by Crippen LogP contribution is -2.42. The number of nitrogens with zero attached hydrogens (tertiary/aromatic N) is 4. The van der Waals surface area contributed by atoms with E-state index in [9.17, 15) is 17.6 Å². The second-order valence-electron chi connectivity index (χ2n) is 9.16. The molecule has 11 heteroatoms. The molecule has 0 spiro atoms. The van der Waals surface area contributed by atoms with Crippen LogP contribution in [-0.2, 0) is 27.6 Å². The number of piperidine rings is 1. The predicted molar refractivity (Wildman–Crippen MR) is 134 cm³/mol. The van der Waals surface area contributed by atoms with Crippen molar-refractivity contribution in [1.82, 2.24) is 14.9 Å². The Kier molecular flexibility index (Phi) is 6.96. The van der Waals surface area contributed by atoms with E-state index in [1.807, 2.05) is 11.0 Å². The van der Waals surface area contributed by atoms with E-state index in [1.54, 1.807) is 35.2 Å². The molecule has 194 valence electrons. The molecule has 0 unspecified atom stereocenters. The van der Waals surface area contributed by atoms with Crippen LogP contribution >= 0.6 is 0 Å². The number of hydrogen-bond acceptors (Lipinski definition) is 8. The van der Waals surface area contributed by atoms with Crippen molar-refractivity contribution in [1.29, 1.82) is 0 Å². The number of hydrogen-bond donors (Lipinski definition) is 0. The summed E-state index contributed by atoms with van der Waals surface area (Å²) in [6.07, 6.45) is 4.13. The third kappa shape index (κ3) is 5.82. The van der Waals surface area contributed by atoms with Crippen LogP contribution in [0.25, 0.3) is 0 Å². The van der Waals surface area contributed by atoms with E-state index >= 15 is 0 Å². The van der Waals surface area contributed by atoms with Gasteiger partial charge >= 0.3 is 6.09 Å². The number of halogens is 1. The Morgan fingerprint density at radius 2 is 1.81 bits per heavy atom. The van der Waals surface area contributed by atoms with Crippen LogP contribution in [-0.4, -0.2) is 61.4 Å². The Hall–Kier alpha value is -3.73. The van der Waals surface area contributed by atoms with Gasteiger partial charge in [0.25, 0.3) is 0 Å². The van der Waals surface area contributed by atoms with E-state index in [-0.39, 0.29) is 18.5 Å². The molecule has 0 atom stereocenters. The molecule has 2 aliphatic rings. The number of sulfone groups is 1. The predicted octanol–water partition coefficient (Wildman–Crippen LogP) is 3.89. The fraction of sp³-hybridized carbons (Fsp3) is 0.346. The lowest BCUT2D eigenvalue weighted by molar-refractivity contribution is 0.0625. The summed E-state index contributed by atoms with van der Waals surface area (Å²) in [4.78, 5) is 25.0. The van der Waals surface area contributed by atoms with Gasteiger partial charge in [0.15, 0.2) is 9.84 Å². The van der Waals surface area contributed by atoms with Gasteiger partial charge in [0.05, 0.1) is 4.90 Å². The molecule has 5 rings (SSSR count). The van der Waals surface area contributed by atoms with Gasteiger partial charge < -0.3 is 19.3 Å². The van der Waals surface area contributed by atoms with Crippen LogP contribution in [0.4, 0.5) is 20.7 Å². The van der Waals surface area contributed by atoms with E-state index in [1.165, 1.54) is 24.7 Å². The number of rotatable bonds is 6. The topological polar surface area (TPSA) is 102 Å². The molecule has 1 saturated heterocycles. The Morgan fingerprint density at radius 3 is 2.54 bits per heavy atom. The van der Waals surface area contributed by atoms with Crippen LogP contribution in [0.15, 0.2) is 59.8 Å². The van der Waals surface area contributed by atoms with Crippen molar-refractivity contribution >= 4 is 27.4 Å². The summed E-state index contributed by atoms with van der Waals surface area (Å²) in [5, 5.41) is 0. The lowest BCUT2D eigenvalue weighted by Gasteiger charge is -2.31. The van der Waals surface area contributed by atoms with E-state index in [0.717, 1.165) is 16.8 Å². The van der Waals surface area contributed by atoms with Crippen LogP contribution in [0, 0.1) is 5.82 Å². The van der Waals surface area contributed by atoms with Gasteiger partial charge in [0.1, 0.15) is 30.7 Å². The molecule has 3 aromatic rings. The lowest BCUT2D eigenvalue weighted by atomic mass is 10.1. The highest BCUT2D eigenvalue weighted by Crippen LogP contribution is 2.35. The Balaban J connectivity index is 1.16. The van der Waals surface area contributed by atoms with Crippen molar-refractivity contribution in [2.45, 2.75) is 36.9 Å². The zero-order chi connectivity index (χ0) is 26.0. The fourth-order valence-corrected chi connectivity index (χ4v) is 5.20. The van der Waals surface area contributed by atoms with Crippen LogP contribution in [0.2, 0.25) is 0 Å². The molecule has 1 fully saturated rings. The number of likely N-dealkylation sites (tertiary alicyclic amines) is 1. The van der Waals surface area contributed by atoms with E-state index in [0.29, 0.717) is 55.5 Å². The molecule has 0 N–H and O–H groups in total. The summed E-state index contributed by atoms with van der Waals surface area (Å²) in [5.41, 5.74) is 2.61. The first-order valence-electron chi connectivity index (χ1n) is 12.0. The molecule has 0 bridgehead atoms. The Labute approximate surface area is 214 Å². The Morgan fingerprint density at radius 1 is 1.05 bits per heavy atom. The normalized spacial score (nSPS) is 15.9. The van der Waals surface area contributed by atoms with Gasteiger partial charge in [-0.05, 0) is 47.9 Å². The van der Waals surface area contributed by atoms with Crippen molar-refractivity contribution in [2.75, 3.05) is 30.8 Å². The van der Waals surface area contributed by atoms with Crippen molar-refractivity contribution in [2.24, 2.45) is 0 Å². The van der Waals surface area contributed by atoms with Crippen LogP contribution in [0.1, 0.15) is 24.0 Å². The van der Waals surface area contributed by atoms with Gasteiger partial charge in [-0.15, -0.1) is 0 Å². The van der Waals surface area contributed by atoms with Crippen LogP contribution in [0.3, 0.4) is 0 Å².